The Hall–Kier alpha value is -2.99. The molecule has 140 valence electrons. The number of hydrogen-bond donors (Lipinski definition) is 0. The van der Waals surface area contributed by atoms with Crippen molar-refractivity contribution in [3.8, 4) is 11.1 Å². The summed E-state index contributed by atoms with van der Waals surface area (Å²) in [6, 6.07) is 16.7. The average molecular weight is 388 g/mol. The Kier molecular flexibility index (Phi) is 4.41. The number of hydrogen-bond acceptors (Lipinski definition) is 6. The smallest absolute Gasteiger partial charge is 0.141 e. The maximum atomic E-state index is 4.69. The van der Waals surface area contributed by atoms with Crippen molar-refractivity contribution < 1.29 is 0 Å². The molecule has 1 saturated heterocycles. The van der Waals surface area contributed by atoms with Crippen LogP contribution in [0.15, 0.2) is 60.2 Å². The number of piperazine rings is 1. The number of aromatic nitrogens is 3. The van der Waals surface area contributed by atoms with Crippen LogP contribution in [0.4, 0.5) is 11.6 Å². The number of pyridine rings is 1. The Labute approximate surface area is 168 Å². The SMILES string of the molecule is Cc1cccc(N2CCN(c3ncnc4scc(-c5ccccc5)c34)CC2)n1. The van der Waals surface area contributed by atoms with Crippen LogP contribution in [0.25, 0.3) is 21.3 Å². The molecule has 0 atom stereocenters. The number of rotatable bonds is 3. The molecule has 1 aliphatic rings. The molecule has 5 nitrogen and oxygen atoms in total. The minimum absolute atomic E-state index is 0.922. The van der Waals surface area contributed by atoms with Crippen molar-refractivity contribution in [1.82, 2.24) is 15.0 Å². The van der Waals surface area contributed by atoms with Crippen LogP contribution in [0.1, 0.15) is 5.69 Å². The minimum Gasteiger partial charge on any atom is -0.353 e. The number of benzene rings is 1. The van der Waals surface area contributed by atoms with E-state index in [0.717, 1.165) is 48.3 Å². The van der Waals surface area contributed by atoms with E-state index < -0.39 is 0 Å². The molecule has 0 radical (unpaired) electrons. The first kappa shape index (κ1) is 17.1. The first-order valence-electron chi connectivity index (χ1n) is 9.51. The fourth-order valence-electron chi connectivity index (χ4n) is 3.78. The predicted octanol–water partition coefficient (Wildman–Crippen LogP) is 4.39. The third kappa shape index (κ3) is 3.10. The second-order valence-corrected chi connectivity index (χ2v) is 7.86. The highest BCUT2D eigenvalue weighted by Gasteiger charge is 2.23. The van der Waals surface area contributed by atoms with E-state index in [1.165, 1.54) is 16.5 Å². The molecule has 0 aliphatic carbocycles. The first-order chi connectivity index (χ1) is 13.8. The van der Waals surface area contributed by atoms with Crippen LogP contribution in [0, 0.1) is 6.92 Å². The van der Waals surface area contributed by atoms with Crippen LogP contribution < -0.4 is 9.80 Å². The Morgan fingerprint density at radius 3 is 2.43 bits per heavy atom. The number of thiophene rings is 1. The maximum absolute atomic E-state index is 4.69. The molecule has 5 rings (SSSR count). The highest BCUT2D eigenvalue weighted by Crippen LogP contribution is 2.38. The van der Waals surface area contributed by atoms with Crippen LogP contribution in [-0.4, -0.2) is 41.1 Å². The van der Waals surface area contributed by atoms with Gasteiger partial charge in [0, 0.05) is 42.8 Å². The summed E-state index contributed by atoms with van der Waals surface area (Å²) in [5.41, 5.74) is 3.49. The molecule has 28 heavy (non-hydrogen) atoms. The van der Waals surface area contributed by atoms with E-state index in [1.54, 1.807) is 17.7 Å². The molecule has 1 aliphatic heterocycles. The van der Waals surface area contributed by atoms with Gasteiger partial charge in [0.15, 0.2) is 0 Å². The minimum atomic E-state index is 0.922. The summed E-state index contributed by atoms with van der Waals surface area (Å²) >= 11 is 1.69. The van der Waals surface area contributed by atoms with Gasteiger partial charge in [-0.2, -0.15) is 0 Å². The highest BCUT2D eigenvalue weighted by atomic mass is 32.1. The number of anilines is 2. The second-order valence-electron chi connectivity index (χ2n) is 7.00. The summed E-state index contributed by atoms with van der Waals surface area (Å²) < 4.78 is 0. The van der Waals surface area contributed by atoms with Crippen LogP contribution in [0.5, 0.6) is 0 Å². The van der Waals surface area contributed by atoms with Crippen LogP contribution in [0.2, 0.25) is 0 Å². The topological polar surface area (TPSA) is 45.2 Å². The second kappa shape index (κ2) is 7.20. The molecule has 0 bridgehead atoms. The number of nitrogens with zero attached hydrogens (tertiary/aromatic N) is 5. The molecule has 0 N–H and O–H groups in total. The van der Waals surface area contributed by atoms with E-state index >= 15 is 0 Å². The summed E-state index contributed by atoms with van der Waals surface area (Å²) in [6.45, 7) is 5.76. The van der Waals surface area contributed by atoms with Gasteiger partial charge < -0.3 is 9.80 Å². The van der Waals surface area contributed by atoms with Gasteiger partial charge in [0.25, 0.3) is 0 Å². The van der Waals surface area contributed by atoms with Gasteiger partial charge >= 0.3 is 0 Å². The van der Waals surface area contributed by atoms with E-state index in [-0.39, 0.29) is 0 Å². The third-order valence-electron chi connectivity index (χ3n) is 5.21. The number of fused-ring (bicyclic) bond motifs is 1. The number of aryl methyl sites for hydroxylation is 1. The lowest BCUT2D eigenvalue weighted by Gasteiger charge is -2.36. The molecular formula is C22H21N5S. The quantitative estimate of drug-likeness (QED) is 0.522. The van der Waals surface area contributed by atoms with E-state index in [9.17, 15) is 0 Å². The van der Waals surface area contributed by atoms with Crippen molar-refractivity contribution in [2.45, 2.75) is 6.92 Å². The van der Waals surface area contributed by atoms with Crippen LogP contribution in [0.3, 0.4) is 0 Å². The van der Waals surface area contributed by atoms with Crippen molar-refractivity contribution in [1.29, 1.82) is 0 Å². The Balaban J connectivity index is 1.45. The van der Waals surface area contributed by atoms with Gasteiger partial charge in [-0.25, -0.2) is 15.0 Å². The van der Waals surface area contributed by atoms with Crippen molar-refractivity contribution in [2.75, 3.05) is 36.0 Å². The van der Waals surface area contributed by atoms with Crippen LogP contribution in [-0.2, 0) is 0 Å². The lowest BCUT2D eigenvalue weighted by molar-refractivity contribution is 0.642. The molecule has 0 saturated carbocycles. The first-order valence-corrected chi connectivity index (χ1v) is 10.4. The van der Waals surface area contributed by atoms with Crippen molar-refractivity contribution in [3.05, 3.63) is 65.9 Å². The summed E-state index contributed by atoms with van der Waals surface area (Å²) in [5, 5.41) is 3.37. The average Bonchev–Trinajstić information content (AvgIpc) is 3.19. The molecule has 3 aromatic heterocycles. The standard InChI is InChI=1S/C22H21N5S/c1-16-6-5-9-19(25-16)26-10-12-27(13-11-26)21-20-18(17-7-3-2-4-8-17)14-28-22(20)24-15-23-21/h2-9,14-15H,10-13H2,1H3. The zero-order valence-electron chi connectivity index (χ0n) is 15.7. The largest absolute Gasteiger partial charge is 0.353 e. The molecule has 1 aromatic carbocycles. The zero-order chi connectivity index (χ0) is 18.9. The van der Waals surface area contributed by atoms with Crippen molar-refractivity contribution >= 4 is 33.2 Å². The van der Waals surface area contributed by atoms with E-state index in [0.29, 0.717) is 0 Å². The monoisotopic (exact) mass is 387 g/mol. The molecule has 0 spiro atoms. The van der Waals surface area contributed by atoms with Crippen molar-refractivity contribution in [2.24, 2.45) is 0 Å². The fourth-order valence-corrected chi connectivity index (χ4v) is 4.69. The maximum Gasteiger partial charge on any atom is 0.141 e. The molecule has 6 heteroatoms. The molecule has 4 aromatic rings. The van der Waals surface area contributed by atoms with Gasteiger partial charge in [-0.3, -0.25) is 0 Å². The Morgan fingerprint density at radius 2 is 1.64 bits per heavy atom. The summed E-state index contributed by atoms with van der Waals surface area (Å²) in [5.74, 6) is 2.11. The fraction of sp³-hybridized carbons (Fsp3) is 0.227. The molecule has 0 unspecified atom stereocenters. The highest BCUT2D eigenvalue weighted by molar-refractivity contribution is 7.17. The Bertz CT molecular complexity index is 1100. The lowest BCUT2D eigenvalue weighted by Crippen LogP contribution is -2.47. The summed E-state index contributed by atoms with van der Waals surface area (Å²) in [7, 11) is 0. The van der Waals surface area contributed by atoms with E-state index in [2.05, 4.69) is 66.5 Å². The lowest BCUT2D eigenvalue weighted by atomic mass is 10.1. The van der Waals surface area contributed by atoms with Crippen LogP contribution >= 0.6 is 11.3 Å². The zero-order valence-corrected chi connectivity index (χ0v) is 16.6. The van der Waals surface area contributed by atoms with E-state index in [4.69, 9.17) is 0 Å². The van der Waals surface area contributed by atoms with Gasteiger partial charge in [-0.15, -0.1) is 11.3 Å². The summed E-state index contributed by atoms with van der Waals surface area (Å²) in [6.07, 6.45) is 1.69. The predicted molar refractivity (Wildman–Crippen MR) is 116 cm³/mol. The Morgan fingerprint density at radius 1 is 0.857 bits per heavy atom. The van der Waals surface area contributed by atoms with Gasteiger partial charge in [0.1, 0.15) is 22.8 Å². The van der Waals surface area contributed by atoms with Gasteiger partial charge in [0.05, 0.1) is 5.39 Å². The molecule has 1 fully saturated rings. The van der Waals surface area contributed by atoms with Crippen molar-refractivity contribution in [3.63, 3.8) is 0 Å². The normalized spacial score (nSPS) is 14.6. The summed E-state index contributed by atoms with van der Waals surface area (Å²) in [4.78, 5) is 19.7. The molecule has 4 heterocycles. The molecular weight excluding hydrogens is 366 g/mol. The van der Waals surface area contributed by atoms with Gasteiger partial charge in [-0.1, -0.05) is 36.4 Å². The van der Waals surface area contributed by atoms with Gasteiger partial charge in [0.2, 0.25) is 0 Å². The third-order valence-corrected chi connectivity index (χ3v) is 6.10. The molecule has 0 amide bonds. The van der Waals surface area contributed by atoms with E-state index in [1.807, 2.05) is 19.1 Å². The van der Waals surface area contributed by atoms with Gasteiger partial charge in [-0.05, 0) is 24.6 Å².